The second kappa shape index (κ2) is 3.36. The molecule has 0 atom stereocenters. The zero-order valence-corrected chi connectivity index (χ0v) is 6.21. The molecule has 0 N–H and O–H groups in total. The van der Waals surface area contributed by atoms with Crippen LogP contribution in [0, 0.1) is 6.26 Å². The molecule has 0 bridgehead atoms. The smallest absolute Gasteiger partial charge is 0.209 e. The third-order valence-electron chi connectivity index (χ3n) is 0.930. The Hall–Kier alpha value is -0.840. The van der Waals surface area contributed by atoms with Crippen LogP contribution in [0.15, 0.2) is 17.8 Å². The first-order valence-electron chi connectivity index (χ1n) is 2.67. The van der Waals surface area contributed by atoms with Gasteiger partial charge in [0, 0.05) is 6.26 Å². The van der Waals surface area contributed by atoms with Crippen LogP contribution in [0.2, 0.25) is 0 Å². The molecule has 0 saturated heterocycles. The fourth-order valence-electron chi connectivity index (χ4n) is 0.537. The third kappa shape index (κ3) is 1.36. The Labute approximate surface area is 63.3 Å². The van der Waals surface area contributed by atoms with Crippen LogP contribution in [0.5, 0.6) is 0 Å². The van der Waals surface area contributed by atoms with Gasteiger partial charge in [0.25, 0.3) is 0 Å². The molecule has 1 aromatic heterocycles. The topological polar surface area (TPSA) is 43.6 Å². The first kappa shape index (κ1) is 7.27. The molecule has 0 aromatic carbocycles. The van der Waals surface area contributed by atoms with E-state index in [2.05, 4.69) is 28.4 Å². The van der Waals surface area contributed by atoms with Crippen molar-refractivity contribution < 1.29 is 0 Å². The molecule has 0 aliphatic rings. The largest absolute Gasteiger partial charge is 0.217 e. The molecule has 1 aromatic rings. The van der Waals surface area contributed by atoms with E-state index in [4.69, 9.17) is 0 Å². The molecule has 1 rings (SSSR count). The molecule has 0 amide bonds. The van der Waals surface area contributed by atoms with E-state index in [1.165, 1.54) is 11.8 Å². The molecule has 0 unspecified atom stereocenters. The van der Waals surface area contributed by atoms with Crippen molar-refractivity contribution in [2.24, 2.45) is 0 Å². The Morgan fingerprint density at radius 2 is 2.50 bits per heavy atom. The molecule has 0 aliphatic heterocycles. The average Bonchev–Trinajstić information content (AvgIpc) is 2.36. The highest BCUT2D eigenvalue weighted by molar-refractivity contribution is 8.00. The van der Waals surface area contributed by atoms with Crippen LogP contribution in [0.25, 0.3) is 0 Å². The monoisotopic (exact) mass is 155 g/mol. The minimum Gasteiger partial charge on any atom is -0.217 e. The van der Waals surface area contributed by atoms with Gasteiger partial charge in [-0.05, 0) is 10.4 Å². The Kier molecular flexibility index (Phi) is 2.44. The highest BCUT2D eigenvalue weighted by Gasteiger charge is 1.99. The number of hydrogen-bond acceptors (Lipinski definition) is 4. The summed E-state index contributed by atoms with van der Waals surface area (Å²) in [6.45, 7) is 4.19. The van der Waals surface area contributed by atoms with Gasteiger partial charge in [0.2, 0.25) is 5.16 Å². The van der Waals surface area contributed by atoms with Crippen molar-refractivity contribution in [2.75, 3.05) is 0 Å². The van der Waals surface area contributed by atoms with Gasteiger partial charge in [-0.1, -0.05) is 17.8 Å². The summed E-state index contributed by atoms with van der Waals surface area (Å²) in [5, 5.41) is 11.6. The second-order valence-electron chi connectivity index (χ2n) is 1.58. The SMILES string of the molecule is [CH2]Sc1nnnn1CC=C. The summed E-state index contributed by atoms with van der Waals surface area (Å²) in [5.41, 5.74) is 0. The maximum Gasteiger partial charge on any atom is 0.209 e. The summed E-state index contributed by atoms with van der Waals surface area (Å²) in [5.74, 6) is 0. The molecule has 10 heavy (non-hydrogen) atoms. The van der Waals surface area contributed by atoms with E-state index in [0.29, 0.717) is 11.7 Å². The number of rotatable bonds is 3. The quantitative estimate of drug-likeness (QED) is 0.477. The van der Waals surface area contributed by atoms with Gasteiger partial charge in [-0.2, -0.15) is 0 Å². The molecular formula is C5H7N4S. The van der Waals surface area contributed by atoms with E-state index >= 15 is 0 Å². The number of hydrogen-bond donors (Lipinski definition) is 0. The van der Waals surface area contributed by atoms with Crippen molar-refractivity contribution in [3.05, 3.63) is 18.9 Å². The van der Waals surface area contributed by atoms with Crippen LogP contribution in [-0.2, 0) is 6.54 Å². The van der Waals surface area contributed by atoms with Gasteiger partial charge in [-0.25, -0.2) is 4.68 Å². The van der Waals surface area contributed by atoms with Crippen LogP contribution in [0.1, 0.15) is 0 Å². The minimum absolute atomic E-state index is 0.630. The normalized spacial score (nSPS) is 9.70. The van der Waals surface area contributed by atoms with Crippen LogP contribution >= 0.6 is 11.8 Å². The highest BCUT2D eigenvalue weighted by atomic mass is 32.2. The van der Waals surface area contributed by atoms with Crippen molar-refractivity contribution in [3.63, 3.8) is 0 Å². The summed E-state index contributed by atoms with van der Waals surface area (Å²) in [6, 6.07) is 0. The number of nitrogens with zero attached hydrogens (tertiary/aromatic N) is 4. The number of aromatic nitrogens is 4. The number of allylic oxidation sites excluding steroid dienone is 1. The maximum absolute atomic E-state index is 3.71. The van der Waals surface area contributed by atoms with Crippen molar-refractivity contribution in [2.45, 2.75) is 11.7 Å². The number of tetrazole rings is 1. The summed E-state index contributed by atoms with van der Waals surface area (Å²) in [6.07, 6.45) is 5.32. The van der Waals surface area contributed by atoms with Crippen molar-refractivity contribution in [1.82, 2.24) is 20.2 Å². The van der Waals surface area contributed by atoms with Gasteiger partial charge in [0.05, 0.1) is 6.54 Å². The highest BCUT2D eigenvalue weighted by Crippen LogP contribution is 2.09. The van der Waals surface area contributed by atoms with Gasteiger partial charge >= 0.3 is 0 Å². The van der Waals surface area contributed by atoms with E-state index in [1.807, 2.05) is 0 Å². The van der Waals surface area contributed by atoms with Gasteiger partial charge in [-0.15, -0.1) is 11.7 Å². The van der Waals surface area contributed by atoms with E-state index < -0.39 is 0 Å². The standard InChI is InChI=1S/C5H7N4S/c1-3-4-9-5(10-2)6-7-8-9/h3H,1-2,4H2. The Morgan fingerprint density at radius 1 is 1.70 bits per heavy atom. The number of thioether (sulfide) groups is 1. The zero-order chi connectivity index (χ0) is 7.40. The Balaban J connectivity index is 2.79. The van der Waals surface area contributed by atoms with Crippen molar-refractivity contribution in [3.8, 4) is 0 Å². The molecule has 1 heterocycles. The van der Waals surface area contributed by atoms with Crippen molar-refractivity contribution in [1.29, 1.82) is 0 Å². The molecular weight excluding hydrogens is 148 g/mol. The lowest BCUT2D eigenvalue weighted by Crippen LogP contribution is -1.98. The first-order valence-corrected chi connectivity index (χ1v) is 3.66. The zero-order valence-electron chi connectivity index (χ0n) is 5.40. The van der Waals surface area contributed by atoms with E-state index in [9.17, 15) is 0 Å². The molecule has 0 aliphatic carbocycles. The maximum atomic E-state index is 3.71. The lowest BCUT2D eigenvalue weighted by Gasteiger charge is -1.94. The van der Waals surface area contributed by atoms with Gasteiger partial charge in [0.15, 0.2) is 0 Å². The van der Waals surface area contributed by atoms with E-state index in [1.54, 1.807) is 10.8 Å². The summed E-state index contributed by atoms with van der Waals surface area (Å²) >= 11 is 1.27. The average molecular weight is 155 g/mol. The van der Waals surface area contributed by atoms with Crippen molar-refractivity contribution >= 4 is 11.8 Å². The first-order chi connectivity index (χ1) is 4.88. The third-order valence-corrected chi connectivity index (χ3v) is 1.48. The van der Waals surface area contributed by atoms with E-state index in [0.717, 1.165) is 0 Å². The second-order valence-corrected chi connectivity index (χ2v) is 2.23. The molecule has 1 radical (unpaired) electrons. The summed E-state index contributed by atoms with van der Waals surface area (Å²) in [4.78, 5) is 0. The predicted octanol–water partition coefficient (Wildman–Crippen LogP) is 0.743. The van der Waals surface area contributed by atoms with Crippen LogP contribution in [0.3, 0.4) is 0 Å². The lowest BCUT2D eigenvalue weighted by molar-refractivity contribution is 0.615. The summed E-state index contributed by atoms with van der Waals surface area (Å²) < 4.78 is 1.63. The Bertz CT molecular complexity index is 219. The Morgan fingerprint density at radius 3 is 3.10 bits per heavy atom. The van der Waals surface area contributed by atoms with Crippen LogP contribution in [0.4, 0.5) is 0 Å². The van der Waals surface area contributed by atoms with Gasteiger partial charge in [-0.3, -0.25) is 0 Å². The molecule has 0 spiro atoms. The minimum atomic E-state index is 0.630. The predicted molar refractivity (Wildman–Crippen MR) is 39.2 cm³/mol. The molecule has 5 heteroatoms. The molecule has 53 valence electrons. The van der Waals surface area contributed by atoms with Gasteiger partial charge in [0.1, 0.15) is 0 Å². The van der Waals surface area contributed by atoms with Crippen LogP contribution in [-0.4, -0.2) is 20.2 Å². The fraction of sp³-hybridized carbons (Fsp3) is 0.200. The molecule has 0 saturated carbocycles. The molecule has 0 fully saturated rings. The lowest BCUT2D eigenvalue weighted by atomic mass is 10.6. The molecule has 4 nitrogen and oxygen atoms in total. The van der Waals surface area contributed by atoms with Gasteiger partial charge < -0.3 is 0 Å². The summed E-state index contributed by atoms with van der Waals surface area (Å²) in [7, 11) is 0. The van der Waals surface area contributed by atoms with Crippen LogP contribution < -0.4 is 0 Å². The fourth-order valence-corrected chi connectivity index (χ4v) is 0.891. The van der Waals surface area contributed by atoms with E-state index in [-0.39, 0.29) is 0 Å².